The van der Waals surface area contributed by atoms with Crippen LogP contribution in [0.5, 0.6) is 0 Å². The van der Waals surface area contributed by atoms with Crippen LogP contribution in [-0.2, 0) is 4.74 Å². The number of carbonyl (C=O) groups excluding carboxylic acids is 1. The summed E-state index contributed by atoms with van der Waals surface area (Å²) >= 11 is 0. The molecule has 0 aliphatic carbocycles. The van der Waals surface area contributed by atoms with Crippen molar-refractivity contribution in [2.75, 3.05) is 11.9 Å². The van der Waals surface area contributed by atoms with Crippen molar-refractivity contribution in [1.82, 2.24) is 4.98 Å². The fraction of sp³-hybridized carbons (Fsp3) is 0.385. The van der Waals surface area contributed by atoms with Crippen molar-refractivity contribution in [3.63, 3.8) is 0 Å². The molecule has 1 unspecified atom stereocenters. The molecule has 0 aromatic carbocycles. The van der Waals surface area contributed by atoms with Gasteiger partial charge in [0.25, 0.3) is 0 Å². The molecule has 0 fully saturated rings. The molecule has 1 rings (SSSR count). The zero-order valence-electron chi connectivity index (χ0n) is 10.1. The number of terminal acetylenes is 1. The summed E-state index contributed by atoms with van der Waals surface area (Å²) in [6.07, 6.45) is 7.32. The Morgan fingerprint density at radius 2 is 2.41 bits per heavy atom. The van der Waals surface area contributed by atoms with Crippen LogP contribution in [0.15, 0.2) is 18.3 Å². The van der Waals surface area contributed by atoms with E-state index in [1.54, 1.807) is 19.1 Å². The summed E-state index contributed by atoms with van der Waals surface area (Å²) in [7, 11) is 0. The van der Waals surface area contributed by atoms with Gasteiger partial charge in [0, 0.05) is 18.7 Å². The van der Waals surface area contributed by atoms with Gasteiger partial charge in [0.15, 0.2) is 0 Å². The molecule has 4 heteroatoms. The molecule has 0 saturated carbocycles. The number of ether oxygens (including phenoxy) is 1. The second kappa shape index (κ2) is 6.54. The Kier molecular flexibility index (Phi) is 5.02. The maximum absolute atomic E-state index is 11.4. The molecule has 1 aromatic heterocycles. The van der Waals surface area contributed by atoms with E-state index in [0.29, 0.717) is 24.4 Å². The van der Waals surface area contributed by atoms with Gasteiger partial charge in [-0.3, -0.25) is 0 Å². The minimum absolute atomic E-state index is 0.154. The van der Waals surface area contributed by atoms with Gasteiger partial charge >= 0.3 is 5.97 Å². The molecule has 4 nitrogen and oxygen atoms in total. The molecule has 1 N–H and O–H groups in total. The van der Waals surface area contributed by atoms with Crippen LogP contribution in [0.4, 0.5) is 5.82 Å². The van der Waals surface area contributed by atoms with Crippen molar-refractivity contribution in [2.45, 2.75) is 26.3 Å². The number of nitrogens with one attached hydrogen (secondary N) is 1. The molecule has 0 aliphatic rings. The Morgan fingerprint density at radius 3 is 2.94 bits per heavy atom. The number of hydrogen-bond donors (Lipinski definition) is 1. The lowest BCUT2D eigenvalue weighted by Gasteiger charge is -2.11. The molecule has 0 amide bonds. The van der Waals surface area contributed by atoms with E-state index < -0.39 is 0 Å². The van der Waals surface area contributed by atoms with Crippen molar-refractivity contribution in [2.24, 2.45) is 0 Å². The number of carbonyl (C=O) groups is 1. The van der Waals surface area contributed by atoms with E-state index in [9.17, 15) is 4.79 Å². The molecular weight excluding hydrogens is 216 g/mol. The van der Waals surface area contributed by atoms with Crippen LogP contribution in [0.2, 0.25) is 0 Å². The van der Waals surface area contributed by atoms with Gasteiger partial charge < -0.3 is 10.1 Å². The van der Waals surface area contributed by atoms with E-state index in [2.05, 4.69) is 16.2 Å². The zero-order valence-corrected chi connectivity index (χ0v) is 10.1. The fourth-order valence-electron chi connectivity index (χ4n) is 1.29. The molecule has 0 bridgehead atoms. The van der Waals surface area contributed by atoms with Gasteiger partial charge in [-0.1, -0.05) is 0 Å². The summed E-state index contributed by atoms with van der Waals surface area (Å²) in [5.74, 6) is 2.91. The van der Waals surface area contributed by atoms with Crippen LogP contribution in [0.25, 0.3) is 0 Å². The van der Waals surface area contributed by atoms with Crippen molar-refractivity contribution in [3.8, 4) is 12.3 Å². The highest BCUT2D eigenvalue weighted by Gasteiger charge is 2.07. The van der Waals surface area contributed by atoms with Crippen molar-refractivity contribution >= 4 is 11.8 Å². The molecular formula is C13H16N2O2. The van der Waals surface area contributed by atoms with Crippen LogP contribution >= 0.6 is 0 Å². The predicted molar refractivity (Wildman–Crippen MR) is 66.7 cm³/mol. The van der Waals surface area contributed by atoms with E-state index in [0.717, 1.165) is 0 Å². The fourth-order valence-corrected chi connectivity index (χ4v) is 1.29. The minimum atomic E-state index is -0.358. The molecule has 17 heavy (non-hydrogen) atoms. The summed E-state index contributed by atoms with van der Waals surface area (Å²) in [6.45, 7) is 4.10. The van der Waals surface area contributed by atoms with Crippen LogP contribution in [0, 0.1) is 12.3 Å². The monoisotopic (exact) mass is 232 g/mol. The van der Waals surface area contributed by atoms with Crippen molar-refractivity contribution in [1.29, 1.82) is 0 Å². The zero-order chi connectivity index (χ0) is 12.7. The Hall–Kier alpha value is -2.02. The first kappa shape index (κ1) is 13.0. The van der Waals surface area contributed by atoms with Crippen LogP contribution < -0.4 is 5.32 Å². The Balaban J connectivity index is 2.62. The molecule has 90 valence electrons. The average Bonchev–Trinajstić information content (AvgIpc) is 2.30. The van der Waals surface area contributed by atoms with E-state index in [4.69, 9.17) is 11.2 Å². The largest absolute Gasteiger partial charge is 0.462 e. The first-order valence-electron chi connectivity index (χ1n) is 5.50. The maximum Gasteiger partial charge on any atom is 0.339 e. The van der Waals surface area contributed by atoms with E-state index in [1.807, 2.05) is 6.92 Å². The minimum Gasteiger partial charge on any atom is -0.462 e. The second-order valence-corrected chi connectivity index (χ2v) is 3.61. The van der Waals surface area contributed by atoms with Gasteiger partial charge in [0.05, 0.1) is 12.2 Å². The number of hydrogen-bond acceptors (Lipinski definition) is 4. The second-order valence-electron chi connectivity index (χ2n) is 3.61. The third-order valence-electron chi connectivity index (χ3n) is 2.09. The Morgan fingerprint density at radius 1 is 1.65 bits per heavy atom. The summed E-state index contributed by atoms with van der Waals surface area (Å²) < 4.78 is 4.86. The van der Waals surface area contributed by atoms with Crippen molar-refractivity contribution in [3.05, 3.63) is 23.9 Å². The SMILES string of the molecule is C#CCC(C)Nc1ccc(C(=O)OCC)cn1. The first-order chi connectivity index (χ1) is 8.17. The molecule has 0 saturated heterocycles. The van der Waals surface area contributed by atoms with Gasteiger partial charge in [-0.15, -0.1) is 12.3 Å². The highest BCUT2D eigenvalue weighted by Crippen LogP contribution is 2.08. The molecule has 0 radical (unpaired) electrons. The Bertz CT molecular complexity index is 406. The summed E-state index contributed by atoms with van der Waals surface area (Å²) in [5, 5.41) is 3.14. The molecule has 1 aromatic rings. The lowest BCUT2D eigenvalue weighted by molar-refractivity contribution is 0.0526. The number of esters is 1. The van der Waals surface area contributed by atoms with Gasteiger partial charge in [-0.25, -0.2) is 9.78 Å². The normalized spacial score (nSPS) is 11.4. The number of nitrogens with zero attached hydrogens (tertiary/aromatic N) is 1. The summed E-state index contributed by atoms with van der Waals surface area (Å²) in [6, 6.07) is 3.57. The number of anilines is 1. The summed E-state index contributed by atoms with van der Waals surface area (Å²) in [5.41, 5.74) is 0.446. The Labute approximate surface area is 101 Å². The predicted octanol–water partition coefficient (Wildman–Crippen LogP) is 2.08. The highest BCUT2D eigenvalue weighted by atomic mass is 16.5. The van der Waals surface area contributed by atoms with Crippen LogP contribution in [0.3, 0.4) is 0 Å². The smallest absolute Gasteiger partial charge is 0.339 e. The van der Waals surface area contributed by atoms with Crippen LogP contribution in [-0.4, -0.2) is 23.6 Å². The average molecular weight is 232 g/mol. The van der Waals surface area contributed by atoms with E-state index in [1.165, 1.54) is 6.20 Å². The first-order valence-corrected chi connectivity index (χ1v) is 5.50. The standard InChI is InChI=1S/C13H16N2O2/c1-4-6-10(3)15-12-8-7-11(9-14-12)13(16)17-5-2/h1,7-10H,5-6H2,2-3H3,(H,14,15). The quantitative estimate of drug-likeness (QED) is 0.624. The third-order valence-corrected chi connectivity index (χ3v) is 2.09. The van der Waals surface area contributed by atoms with Gasteiger partial charge in [-0.2, -0.15) is 0 Å². The third kappa shape index (κ3) is 4.15. The number of pyridine rings is 1. The van der Waals surface area contributed by atoms with E-state index in [-0.39, 0.29) is 12.0 Å². The molecule has 1 atom stereocenters. The van der Waals surface area contributed by atoms with Gasteiger partial charge in [-0.05, 0) is 26.0 Å². The van der Waals surface area contributed by atoms with Crippen LogP contribution in [0.1, 0.15) is 30.6 Å². The lowest BCUT2D eigenvalue weighted by atomic mass is 10.2. The molecule has 0 aliphatic heterocycles. The number of rotatable bonds is 5. The van der Waals surface area contributed by atoms with Gasteiger partial charge in [0.2, 0.25) is 0 Å². The topological polar surface area (TPSA) is 51.2 Å². The number of aromatic nitrogens is 1. The maximum atomic E-state index is 11.4. The van der Waals surface area contributed by atoms with Crippen molar-refractivity contribution < 1.29 is 9.53 Å². The van der Waals surface area contributed by atoms with E-state index >= 15 is 0 Å². The summed E-state index contributed by atoms with van der Waals surface area (Å²) in [4.78, 5) is 15.5. The molecule has 1 heterocycles. The highest BCUT2D eigenvalue weighted by molar-refractivity contribution is 5.89. The lowest BCUT2D eigenvalue weighted by Crippen LogP contribution is -2.15. The van der Waals surface area contributed by atoms with Gasteiger partial charge in [0.1, 0.15) is 5.82 Å². The molecule has 0 spiro atoms.